The summed E-state index contributed by atoms with van der Waals surface area (Å²) in [5, 5.41) is 0. The molecule has 0 amide bonds. The molecule has 0 aliphatic heterocycles. The first-order chi connectivity index (χ1) is 1.00. The van der Waals surface area contributed by atoms with E-state index in [1.165, 1.54) is 0 Å². The van der Waals surface area contributed by atoms with Crippen molar-refractivity contribution in [2.45, 2.75) is 0 Å². The maximum atomic E-state index is 8.26. The van der Waals surface area contributed by atoms with E-state index < -0.39 is 0 Å². The van der Waals surface area contributed by atoms with Crippen LogP contribution in [0.3, 0.4) is 0 Å². The third kappa shape index (κ3) is 35.2. The molecule has 0 aromatic carbocycles. The molecule has 0 saturated carbocycles. The summed E-state index contributed by atoms with van der Waals surface area (Å²) in [5.74, 6) is 0. The molecule has 26 valence electrons. The van der Waals surface area contributed by atoms with Crippen LogP contribution in [0.2, 0.25) is 0 Å². The Labute approximate surface area is 33.3 Å². The van der Waals surface area contributed by atoms with Crippen molar-refractivity contribution >= 4 is 0 Å². The quantitative estimate of drug-likeness (QED) is 0.314. The molecule has 0 radical (unpaired) electrons. The van der Waals surface area contributed by atoms with Crippen LogP contribution >= 0.6 is 0 Å². The van der Waals surface area contributed by atoms with E-state index in [1.54, 1.807) is 0 Å². The van der Waals surface area contributed by atoms with Crippen molar-refractivity contribution in [3.63, 3.8) is 0 Å². The molecule has 0 aliphatic rings. The summed E-state index contributed by atoms with van der Waals surface area (Å²) in [4.78, 5) is 0. The van der Waals surface area contributed by atoms with Gasteiger partial charge in [0.05, 0.1) is 0 Å². The van der Waals surface area contributed by atoms with Gasteiger partial charge in [-0.1, -0.05) is 0 Å². The van der Waals surface area contributed by atoms with E-state index >= 15 is 0 Å². The van der Waals surface area contributed by atoms with E-state index in [-0.39, 0.29) is 9.41 Å². The molecule has 0 aliphatic carbocycles. The molecule has 0 unspecified atom stereocenters. The van der Waals surface area contributed by atoms with Gasteiger partial charge in [-0.2, -0.15) is 0 Å². The van der Waals surface area contributed by atoms with Gasteiger partial charge in [0.1, 0.15) is 0 Å². The molecule has 0 aromatic heterocycles. The normalized spacial score (nSPS) is 0.750. The predicted molar refractivity (Wildman–Crippen MR) is 0.686 cm³/mol. The van der Waals surface area contributed by atoms with Crippen LogP contribution < -0.4 is 9.41 Å². The average Bonchev–Trinajstić information content (AvgIpc) is 1.00. The van der Waals surface area contributed by atoms with Gasteiger partial charge in [-0.3, -0.25) is 0 Å². The number of hydrogen-bond acceptors (Lipinski definition) is 1. The molecule has 0 saturated heterocycles. The minimum absolute atomic E-state index is 0. The summed E-state index contributed by atoms with van der Waals surface area (Å²) in [5.41, 5.74) is 0. The maximum absolute atomic E-state index is 8.26. The molecule has 4 heavy (non-hydrogen) atoms. The second-order valence-corrected chi connectivity index (χ2v) is 0. The van der Waals surface area contributed by atoms with E-state index in [9.17, 15) is 0 Å². The standard InChI is InChI=1S/2FH.Mo.O/h2*1H;;/q;;+2;/p-2. The molecule has 0 atom stereocenters. The molecule has 1 nitrogen and oxygen atoms in total. The third-order valence-electron chi connectivity index (χ3n) is 0. The van der Waals surface area contributed by atoms with Crippen LogP contribution in [0, 0.1) is 0 Å². The average molecular weight is 150 g/mol. The summed E-state index contributed by atoms with van der Waals surface area (Å²) < 4.78 is 8.26. The van der Waals surface area contributed by atoms with Crippen LogP contribution in [0.15, 0.2) is 0 Å². The van der Waals surface area contributed by atoms with Crippen LogP contribution in [0.1, 0.15) is 0 Å². The fraction of sp³-hybridized carbons (Fsp3) is 0. The van der Waals surface area contributed by atoms with E-state index in [2.05, 4.69) is 0 Å². The van der Waals surface area contributed by atoms with Gasteiger partial charge in [0.2, 0.25) is 0 Å². The van der Waals surface area contributed by atoms with Crippen LogP contribution in [-0.2, 0) is 23.2 Å². The van der Waals surface area contributed by atoms with Gasteiger partial charge in [0.25, 0.3) is 0 Å². The van der Waals surface area contributed by atoms with Crippen molar-refractivity contribution in [1.29, 1.82) is 0 Å². The first kappa shape index (κ1) is 26.8. The van der Waals surface area contributed by atoms with Crippen molar-refractivity contribution in [2.24, 2.45) is 0 Å². The van der Waals surface area contributed by atoms with Crippen LogP contribution in [0.25, 0.3) is 0 Å². The van der Waals surface area contributed by atoms with Gasteiger partial charge >= 0.3 is 23.2 Å². The monoisotopic (exact) mass is 152 g/mol. The fourth-order valence-electron chi connectivity index (χ4n) is 0. The molecule has 0 bridgehead atoms. The number of rotatable bonds is 0. The zero-order valence-corrected chi connectivity index (χ0v) is 3.58. The predicted octanol–water partition coefficient (Wildman–Crippen LogP) is -6.11. The molecule has 0 heterocycles. The first-order valence-electron chi connectivity index (χ1n) is 0.167. The SMILES string of the molecule is [F-].[F-].[O]=[Mo+2]. The molecular formula is F2MoO. The van der Waals surface area contributed by atoms with Gasteiger partial charge in [-0.25, -0.2) is 0 Å². The Morgan fingerprint density at radius 2 is 1.00 bits per heavy atom. The van der Waals surface area contributed by atoms with Crippen molar-refractivity contribution < 1.29 is 32.6 Å². The fourth-order valence-corrected chi connectivity index (χ4v) is 0. The molecule has 0 spiro atoms. The second-order valence-electron chi connectivity index (χ2n) is 0. The summed E-state index contributed by atoms with van der Waals surface area (Å²) in [7, 11) is 0. The van der Waals surface area contributed by atoms with E-state index in [4.69, 9.17) is 3.40 Å². The molecule has 0 fully saturated rings. The Kier molecular flexibility index (Phi) is 1020. The summed E-state index contributed by atoms with van der Waals surface area (Å²) in [6, 6.07) is 0. The van der Waals surface area contributed by atoms with E-state index in [0.717, 1.165) is 0 Å². The summed E-state index contributed by atoms with van der Waals surface area (Å²) in [6.45, 7) is 0. The first-order valence-corrected chi connectivity index (χ1v) is 0.986. The molecule has 0 N–H and O–H groups in total. The zero-order valence-electron chi connectivity index (χ0n) is 1.57. The van der Waals surface area contributed by atoms with Gasteiger partial charge < -0.3 is 9.41 Å². The summed E-state index contributed by atoms with van der Waals surface area (Å²) >= 11 is 0.700. The van der Waals surface area contributed by atoms with Crippen molar-refractivity contribution in [1.82, 2.24) is 0 Å². The van der Waals surface area contributed by atoms with Gasteiger partial charge in [0.15, 0.2) is 0 Å². The third-order valence-corrected chi connectivity index (χ3v) is 0. The molecule has 4 heteroatoms. The zero-order chi connectivity index (χ0) is 2.00. The van der Waals surface area contributed by atoms with E-state index in [1.807, 2.05) is 0 Å². The number of hydrogen-bond donors (Lipinski definition) is 0. The Morgan fingerprint density at radius 3 is 1.00 bits per heavy atom. The second kappa shape index (κ2) is 152. The van der Waals surface area contributed by atoms with Crippen LogP contribution in [0.5, 0.6) is 0 Å². The van der Waals surface area contributed by atoms with Crippen molar-refractivity contribution in [3.8, 4) is 0 Å². The Morgan fingerprint density at radius 1 is 1.00 bits per heavy atom. The number of halogens is 2. The Bertz CT molecular complexity index is 6.00. The van der Waals surface area contributed by atoms with Gasteiger partial charge in [-0.15, -0.1) is 0 Å². The van der Waals surface area contributed by atoms with Crippen LogP contribution in [-0.4, -0.2) is 0 Å². The minimum atomic E-state index is 0. The molecule has 0 rings (SSSR count). The van der Waals surface area contributed by atoms with Crippen molar-refractivity contribution in [3.05, 3.63) is 0 Å². The summed E-state index contributed by atoms with van der Waals surface area (Å²) in [6.07, 6.45) is 0. The van der Waals surface area contributed by atoms with Crippen molar-refractivity contribution in [2.75, 3.05) is 0 Å². The Balaban J connectivity index is -0.00000000500. The molecular weight excluding hydrogens is 150 g/mol. The van der Waals surface area contributed by atoms with Gasteiger partial charge in [-0.05, 0) is 0 Å². The van der Waals surface area contributed by atoms with E-state index in [0.29, 0.717) is 19.8 Å². The Hall–Kier alpha value is 0.348. The van der Waals surface area contributed by atoms with Gasteiger partial charge in [0, 0.05) is 0 Å². The molecule has 0 aromatic rings. The topological polar surface area (TPSA) is 17.1 Å². The van der Waals surface area contributed by atoms with Crippen LogP contribution in [0.4, 0.5) is 0 Å².